The monoisotopic (exact) mass is 334 g/mol. The Morgan fingerprint density at radius 3 is 2.50 bits per heavy atom. The van der Waals surface area contributed by atoms with Crippen LogP contribution in [0.3, 0.4) is 0 Å². The van der Waals surface area contributed by atoms with Crippen molar-refractivity contribution < 1.29 is 12.8 Å². The molecule has 0 amide bonds. The van der Waals surface area contributed by atoms with Gasteiger partial charge in [0.1, 0.15) is 10.7 Å². The van der Waals surface area contributed by atoms with E-state index in [1.165, 1.54) is 18.2 Å². The first-order chi connectivity index (χ1) is 9.31. The lowest BCUT2D eigenvalue weighted by Gasteiger charge is -2.10. The highest BCUT2D eigenvalue weighted by atomic mass is 35.5. The Morgan fingerprint density at radius 2 is 1.85 bits per heavy atom. The van der Waals surface area contributed by atoms with Gasteiger partial charge >= 0.3 is 0 Å². The molecule has 0 aliphatic heterocycles. The molecule has 4 nitrogen and oxygen atoms in total. The first kappa shape index (κ1) is 15.0. The second-order valence-corrected chi connectivity index (χ2v) is 6.39. The standard InChI is InChI=1S/C12H9Cl2FN2O2S/c1-7-8(13)6-9(14)12(16-7)17-20(18,19)11-5-3-2-4-10(11)15/h2-6H,1H3,(H,16,17). The van der Waals surface area contributed by atoms with Crippen LogP contribution in [0.4, 0.5) is 10.2 Å². The van der Waals surface area contributed by atoms with Crippen molar-refractivity contribution in [3.8, 4) is 0 Å². The Bertz CT molecular complexity index is 766. The van der Waals surface area contributed by atoms with Crippen molar-refractivity contribution in [2.24, 2.45) is 0 Å². The van der Waals surface area contributed by atoms with Gasteiger partial charge in [0.2, 0.25) is 0 Å². The number of aryl methyl sites for hydroxylation is 1. The molecule has 0 aliphatic rings. The number of hydrogen-bond acceptors (Lipinski definition) is 3. The van der Waals surface area contributed by atoms with Crippen molar-refractivity contribution >= 4 is 39.0 Å². The molecular weight excluding hydrogens is 326 g/mol. The van der Waals surface area contributed by atoms with Gasteiger partial charge in [0.05, 0.1) is 15.7 Å². The Kier molecular flexibility index (Phi) is 4.17. The number of nitrogens with zero attached hydrogens (tertiary/aromatic N) is 1. The quantitative estimate of drug-likeness (QED) is 0.932. The molecule has 8 heteroatoms. The fourth-order valence-corrected chi connectivity index (χ4v) is 3.04. The highest BCUT2D eigenvalue weighted by Crippen LogP contribution is 2.27. The summed E-state index contributed by atoms with van der Waals surface area (Å²) in [6.45, 7) is 1.60. The van der Waals surface area contributed by atoms with Crippen LogP contribution in [-0.4, -0.2) is 13.4 Å². The first-order valence-electron chi connectivity index (χ1n) is 5.41. The van der Waals surface area contributed by atoms with Crippen molar-refractivity contribution in [3.63, 3.8) is 0 Å². The smallest absolute Gasteiger partial charge is 0.262 e. The number of anilines is 1. The van der Waals surface area contributed by atoms with Crippen molar-refractivity contribution in [1.82, 2.24) is 4.98 Å². The normalized spacial score (nSPS) is 11.4. The Labute approximate surface area is 125 Å². The van der Waals surface area contributed by atoms with E-state index in [1.54, 1.807) is 6.92 Å². The fraction of sp³-hybridized carbons (Fsp3) is 0.0833. The lowest BCUT2D eigenvalue weighted by molar-refractivity contribution is 0.570. The first-order valence-corrected chi connectivity index (χ1v) is 7.65. The Hall–Kier alpha value is -1.37. The molecule has 0 saturated carbocycles. The molecule has 0 unspecified atom stereocenters. The molecule has 0 aliphatic carbocycles. The predicted molar refractivity (Wildman–Crippen MR) is 76.2 cm³/mol. The zero-order chi connectivity index (χ0) is 14.9. The number of aromatic nitrogens is 1. The van der Waals surface area contributed by atoms with Crippen molar-refractivity contribution in [1.29, 1.82) is 0 Å². The SMILES string of the molecule is Cc1nc(NS(=O)(=O)c2ccccc2F)c(Cl)cc1Cl. The van der Waals surface area contributed by atoms with E-state index in [0.717, 1.165) is 12.1 Å². The van der Waals surface area contributed by atoms with E-state index < -0.39 is 20.7 Å². The molecule has 1 N–H and O–H groups in total. The van der Waals surface area contributed by atoms with Crippen LogP contribution in [-0.2, 0) is 10.0 Å². The predicted octanol–water partition coefficient (Wildman–Crippen LogP) is 3.64. The number of pyridine rings is 1. The van der Waals surface area contributed by atoms with E-state index in [0.29, 0.717) is 10.7 Å². The zero-order valence-electron chi connectivity index (χ0n) is 10.2. The molecule has 0 atom stereocenters. The molecule has 1 heterocycles. The summed E-state index contributed by atoms with van der Waals surface area (Å²) in [7, 11) is -4.11. The Balaban J connectivity index is 2.44. The number of rotatable bonds is 3. The van der Waals surface area contributed by atoms with Crippen LogP contribution in [0.5, 0.6) is 0 Å². The van der Waals surface area contributed by atoms with Gasteiger partial charge in [0.25, 0.3) is 10.0 Å². The van der Waals surface area contributed by atoms with E-state index in [4.69, 9.17) is 23.2 Å². The summed E-state index contributed by atoms with van der Waals surface area (Å²) >= 11 is 11.7. The van der Waals surface area contributed by atoms with Crippen LogP contribution >= 0.6 is 23.2 Å². The summed E-state index contributed by atoms with van der Waals surface area (Å²) in [6.07, 6.45) is 0. The zero-order valence-corrected chi connectivity index (χ0v) is 12.5. The average molecular weight is 335 g/mol. The van der Waals surface area contributed by atoms with E-state index >= 15 is 0 Å². The van der Waals surface area contributed by atoms with E-state index in [1.807, 2.05) is 0 Å². The third-order valence-corrected chi connectivity index (χ3v) is 4.50. The lowest BCUT2D eigenvalue weighted by Crippen LogP contribution is -2.16. The largest absolute Gasteiger partial charge is 0.266 e. The van der Waals surface area contributed by atoms with Gasteiger partial charge in [-0.05, 0) is 25.1 Å². The summed E-state index contributed by atoms with van der Waals surface area (Å²) in [4.78, 5) is 3.45. The molecular formula is C12H9Cl2FN2O2S. The second-order valence-electron chi connectivity index (χ2n) is 3.92. The number of sulfonamides is 1. The number of halogens is 3. The minimum absolute atomic E-state index is 0.0283. The molecule has 2 aromatic rings. The van der Waals surface area contributed by atoms with Gasteiger partial charge in [0.15, 0.2) is 5.82 Å². The van der Waals surface area contributed by atoms with Gasteiger partial charge in [-0.1, -0.05) is 35.3 Å². The third-order valence-electron chi connectivity index (χ3n) is 2.46. The van der Waals surface area contributed by atoms with Crippen LogP contribution < -0.4 is 4.72 Å². The fourth-order valence-electron chi connectivity index (χ4n) is 1.48. The summed E-state index contributed by atoms with van der Waals surface area (Å²) in [5.41, 5.74) is 0.405. The highest BCUT2D eigenvalue weighted by molar-refractivity contribution is 7.92. The summed E-state index contributed by atoms with van der Waals surface area (Å²) < 4.78 is 39.9. The molecule has 2 rings (SSSR count). The highest BCUT2D eigenvalue weighted by Gasteiger charge is 2.20. The van der Waals surface area contributed by atoms with Crippen LogP contribution in [0.15, 0.2) is 35.2 Å². The number of nitrogens with one attached hydrogen (secondary N) is 1. The van der Waals surface area contributed by atoms with Gasteiger partial charge in [-0.15, -0.1) is 0 Å². The maximum absolute atomic E-state index is 13.5. The molecule has 0 bridgehead atoms. The van der Waals surface area contributed by atoms with Crippen LogP contribution in [0.2, 0.25) is 10.0 Å². The van der Waals surface area contributed by atoms with Crippen molar-refractivity contribution in [2.75, 3.05) is 4.72 Å². The summed E-state index contributed by atoms with van der Waals surface area (Å²) in [6, 6.07) is 6.38. The van der Waals surface area contributed by atoms with Gasteiger partial charge in [-0.3, -0.25) is 4.72 Å². The molecule has 0 spiro atoms. The van der Waals surface area contributed by atoms with Crippen molar-refractivity contribution in [2.45, 2.75) is 11.8 Å². The van der Waals surface area contributed by atoms with Crippen LogP contribution in [0.1, 0.15) is 5.69 Å². The van der Waals surface area contributed by atoms with E-state index in [-0.39, 0.29) is 10.8 Å². The maximum Gasteiger partial charge on any atom is 0.266 e. The molecule has 1 aromatic carbocycles. The van der Waals surface area contributed by atoms with E-state index in [2.05, 4.69) is 9.71 Å². The minimum atomic E-state index is -4.11. The van der Waals surface area contributed by atoms with E-state index in [9.17, 15) is 12.8 Å². The minimum Gasteiger partial charge on any atom is -0.262 e. The molecule has 20 heavy (non-hydrogen) atoms. The second kappa shape index (κ2) is 5.55. The molecule has 0 saturated heterocycles. The van der Waals surface area contributed by atoms with Crippen LogP contribution in [0.25, 0.3) is 0 Å². The number of benzene rings is 1. The van der Waals surface area contributed by atoms with Gasteiger partial charge in [-0.25, -0.2) is 17.8 Å². The van der Waals surface area contributed by atoms with Gasteiger partial charge < -0.3 is 0 Å². The maximum atomic E-state index is 13.5. The molecule has 1 aromatic heterocycles. The lowest BCUT2D eigenvalue weighted by atomic mass is 10.3. The van der Waals surface area contributed by atoms with Crippen molar-refractivity contribution in [3.05, 3.63) is 51.9 Å². The third kappa shape index (κ3) is 3.03. The topological polar surface area (TPSA) is 59.1 Å². The van der Waals surface area contributed by atoms with Gasteiger partial charge in [-0.2, -0.15) is 0 Å². The van der Waals surface area contributed by atoms with Crippen LogP contribution in [0, 0.1) is 12.7 Å². The number of hydrogen-bond donors (Lipinski definition) is 1. The average Bonchev–Trinajstić information content (AvgIpc) is 2.36. The van der Waals surface area contributed by atoms with Gasteiger partial charge in [0, 0.05) is 0 Å². The summed E-state index contributed by atoms with van der Waals surface area (Å²) in [5.74, 6) is -0.960. The molecule has 0 radical (unpaired) electrons. The summed E-state index contributed by atoms with van der Waals surface area (Å²) in [5, 5.41) is 0.337. The molecule has 106 valence electrons. The Morgan fingerprint density at radius 1 is 1.20 bits per heavy atom. The molecule has 0 fully saturated rings.